The van der Waals surface area contributed by atoms with Crippen LogP contribution in [-0.2, 0) is 11.2 Å². The summed E-state index contributed by atoms with van der Waals surface area (Å²) < 4.78 is 0. The Hall–Kier alpha value is -2.00. The fourth-order valence-electron chi connectivity index (χ4n) is 2.21. The molecular formula is C18H21ClN2O. The van der Waals surface area contributed by atoms with Crippen LogP contribution in [0.25, 0.3) is 0 Å². The molecule has 0 fully saturated rings. The molecule has 4 heteroatoms. The zero-order chi connectivity index (χ0) is 15.9. The number of aryl methyl sites for hydroxylation is 2. The third kappa shape index (κ3) is 4.50. The molecule has 0 spiro atoms. The van der Waals surface area contributed by atoms with Gasteiger partial charge in [0.1, 0.15) is 0 Å². The quantitative estimate of drug-likeness (QED) is 0.814. The van der Waals surface area contributed by atoms with Gasteiger partial charge >= 0.3 is 0 Å². The minimum Gasteiger partial charge on any atom is -0.384 e. The summed E-state index contributed by atoms with van der Waals surface area (Å²) in [7, 11) is 0. The molecule has 0 saturated carbocycles. The predicted molar refractivity (Wildman–Crippen MR) is 93.7 cm³/mol. The van der Waals surface area contributed by atoms with E-state index in [1.54, 1.807) is 6.07 Å². The lowest BCUT2D eigenvalue weighted by Gasteiger charge is -2.11. The Bertz CT molecular complexity index is 655. The van der Waals surface area contributed by atoms with Crippen molar-refractivity contribution in [3.63, 3.8) is 0 Å². The molecule has 2 N–H and O–H groups in total. The van der Waals surface area contributed by atoms with Gasteiger partial charge in [-0.2, -0.15) is 0 Å². The average Bonchev–Trinajstić information content (AvgIpc) is 2.51. The summed E-state index contributed by atoms with van der Waals surface area (Å²) in [5, 5.41) is 6.84. The fraction of sp³-hybridized carbons (Fsp3) is 0.278. The number of carbonyl (C=O) groups is 1. The second kappa shape index (κ2) is 7.85. The molecule has 0 aliphatic carbocycles. The van der Waals surface area contributed by atoms with E-state index in [2.05, 4.69) is 23.6 Å². The Morgan fingerprint density at radius 1 is 1.18 bits per heavy atom. The summed E-state index contributed by atoms with van der Waals surface area (Å²) in [6.07, 6.45) is 1.38. The van der Waals surface area contributed by atoms with Gasteiger partial charge in [-0.3, -0.25) is 4.79 Å². The SMILES string of the molecule is CCc1ccccc1NCCC(=O)Nc1ccc(C)c(Cl)c1. The summed E-state index contributed by atoms with van der Waals surface area (Å²) in [4.78, 5) is 12.0. The molecule has 2 aromatic rings. The highest BCUT2D eigenvalue weighted by atomic mass is 35.5. The van der Waals surface area contributed by atoms with Crippen molar-refractivity contribution in [2.24, 2.45) is 0 Å². The van der Waals surface area contributed by atoms with E-state index in [0.717, 1.165) is 23.4 Å². The van der Waals surface area contributed by atoms with Crippen molar-refractivity contribution in [1.82, 2.24) is 0 Å². The van der Waals surface area contributed by atoms with E-state index in [-0.39, 0.29) is 5.91 Å². The Labute approximate surface area is 136 Å². The molecule has 2 rings (SSSR count). The number of amides is 1. The van der Waals surface area contributed by atoms with Crippen LogP contribution in [0.4, 0.5) is 11.4 Å². The molecule has 116 valence electrons. The molecule has 0 radical (unpaired) electrons. The van der Waals surface area contributed by atoms with Crippen LogP contribution in [0, 0.1) is 6.92 Å². The van der Waals surface area contributed by atoms with Crippen LogP contribution >= 0.6 is 11.6 Å². The first-order valence-corrected chi connectivity index (χ1v) is 7.85. The van der Waals surface area contributed by atoms with Crippen LogP contribution in [0.15, 0.2) is 42.5 Å². The van der Waals surface area contributed by atoms with Crippen LogP contribution < -0.4 is 10.6 Å². The monoisotopic (exact) mass is 316 g/mol. The molecule has 22 heavy (non-hydrogen) atoms. The van der Waals surface area contributed by atoms with Crippen molar-refractivity contribution in [2.75, 3.05) is 17.2 Å². The van der Waals surface area contributed by atoms with E-state index >= 15 is 0 Å². The number of hydrogen-bond acceptors (Lipinski definition) is 2. The molecule has 0 aliphatic rings. The number of halogens is 1. The molecule has 0 atom stereocenters. The van der Waals surface area contributed by atoms with E-state index in [1.807, 2.05) is 37.3 Å². The van der Waals surface area contributed by atoms with E-state index in [0.29, 0.717) is 18.0 Å². The minimum absolute atomic E-state index is 0.0265. The van der Waals surface area contributed by atoms with Crippen LogP contribution in [0.5, 0.6) is 0 Å². The van der Waals surface area contributed by atoms with E-state index in [4.69, 9.17) is 11.6 Å². The highest BCUT2D eigenvalue weighted by molar-refractivity contribution is 6.31. The van der Waals surface area contributed by atoms with Crippen LogP contribution in [-0.4, -0.2) is 12.5 Å². The van der Waals surface area contributed by atoms with Gasteiger partial charge in [-0.25, -0.2) is 0 Å². The molecule has 2 aromatic carbocycles. The molecule has 0 bridgehead atoms. The first-order valence-electron chi connectivity index (χ1n) is 7.48. The molecule has 0 aliphatic heterocycles. The van der Waals surface area contributed by atoms with Crippen LogP contribution in [0.2, 0.25) is 5.02 Å². The largest absolute Gasteiger partial charge is 0.384 e. The van der Waals surface area contributed by atoms with Gasteiger partial charge in [-0.15, -0.1) is 0 Å². The van der Waals surface area contributed by atoms with Gasteiger partial charge in [0.05, 0.1) is 0 Å². The standard InChI is InChI=1S/C18H21ClN2O/c1-3-14-6-4-5-7-17(14)20-11-10-18(22)21-15-9-8-13(2)16(19)12-15/h4-9,12,20H,3,10-11H2,1-2H3,(H,21,22). The van der Waals surface area contributed by atoms with E-state index in [9.17, 15) is 4.79 Å². The van der Waals surface area contributed by atoms with Gasteiger partial charge in [0.2, 0.25) is 5.91 Å². The zero-order valence-electron chi connectivity index (χ0n) is 12.9. The Kier molecular flexibility index (Phi) is 5.84. The second-order valence-electron chi connectivity index (χ2n) is 5.20. The number of nitrogens with one attached hydrogen (secondary N) is 2. The highest BCUT2D eigenvalue weighted by Crippen LogP contribution is 2.20. The van der Waals surface area contributed by atoms with Crippen molar-refractivity contribution >= 4 is 28.9 Å². The van der Waals surface area contributed by atoms with Gasteiger partial charge in [0, 0.05) is 29.4 Å². The summed E-state index contributed by atoms with van der Waals surface area (Å²) in [6, 6.07) is 13.7. The van der Waals surface area contributed by atoms with E-state index < -0.39 is 0 Å². The lowest BCUT2D eigenvalue weighted by molar-refractivity contribution is -0.115. The number of para-hydroxylation sites is 1. The minimum atomic E-state index is -0.0265. The Balaban J connectivity index is 1.84. The summed E-state index contributed by atoms with van der Waals surface area (Å²) in [6.45, 7) is 4.65. The summed E-state index contributed by atoms with van der Waals surface area (Å²) >= 11 is 6.05. The summed E-state index contributed by atoms with van der Waals surface area (Å²) in [5.74, 6) is -0.0265. The average molecular weight is 317 g/mol. The predicted octanol–water partition coefficient (Wildman–Crippen LogP) is 4.65. The maximum Gasteiger partial charge on any atom is 0.226 e. The molecular weight excluding hydrogens is 296 g/mol. The molecule has 0 saturated heterocycles. The number of anilines is 2. The smallest absolute Gasteiger partial charge is 0.226 e. The number of rotatable bonds is 6. The lowest BCUT2D eigenvalue weighted by atomic mass is 10.1. The van der Waals surface area contributed by atoms with Crippen molar-refractivity contribution < 1.29 is 4.79 Å². The van der Waals surface area contributed by atoms with Crippen molar-refractivity contribution in [1.29, 1.82) is 0 Å². The van der Waals surface area contributed by atoms with Gasteiger partial charge in [-0.05, 0) is 42.7 Å². The number of hydrogen-bond donors (Lipinski definition) is 2. The zero-order valence-corrected chi connectivity index (χ0v) is 13.7. The molecule has 0 unspecified atom stereocenters. The Morgan fingerprint density at radius 3 is 2.68 bits per heavy atom. The van der Waals surface area contributed by atoms with Gasteiger partial charge in [0.15, 0.2) is 0 Å². The second-order valence-corrected chi connectivity index (χ2v) is 5.61. The fourth-order valence-corrected chi connectivity index (χ4v) is 2.39. The Morgan fingerprint density at radius 2 is 1.95 bits per heavy atom. The van der Waals surface area contributed by atoms with Gasteiger partial charge < -0.3 is 10.6 Å². The van der Waals surface area contributed by atoms with Gasteiger partial charge in [-0.1, -0.05) is 42.8 Å². The maximum absolute atomic E-state index is 12.0. The van der Waals surface area contributed by atoms with Crippen LogP contribution in [0.1, 0.15) is 24.5 Å². The van der Waals surface area contributed by atoms with Crippen molar-refractivity contribution in [3.05, 3.63) is 58.6 Å². The normalized spacial score (nSPS) is 10.3. The maximum atomic E-state index is 12.0. The van der Waals surface area contributed by atoms with E-state index in [1.165, 1.54) is 5.56 Å². The first-order chi connectivity index (χ1) is 10.6. The third-order valence-corrected chi connectivity index (χ3v) is 3.93. The van der Waals surface area contributed by atoms with Crippen molar-refractivity contribution in [2.45, 2.75) is 26.7 Å². The lowest BCUT2D eigenvalue weighted by Crippen LogP contribution is -2.16. The highest BCUT2D eigenvalue weighted by Gasteiger charge is 2.05. The molecule has 0 heterocycles. The molecule has 3 nitrogen and oxygen atoms in total. The first kappa shape index (κ1) is 16.4. The third-order valence-electron chi connectivity index (χ3n) is 3.52. The van der Waals surface area contributed by atoms with Gasteiger partial charge in [0.25, 0.3) is 0 Å². The van der Waals surface area contributed by atoms with Crippen LogP contribution in [0.3, 0.4) is 0 Å². The molecule has 1 amide bonds. The topological polar surface area (TPSA) is 41.1 Å². The number of carbonyl (C=O) groups excluding carboxylic acids is 1. The molecule has 0 aromatic heterocycles. The summed E-state index contributed by atoms with van der Waals surface area (Å²) in [5.41, 5.74) is 4.08. The van der Waals surface area contributed by atoms with Crippen molar-refractivity contribution in [3.8, 4) is 0 Å². The number of benzene rings is 2.